The largest absolute Gasteiger partial charge is 0.396 e. The molecule has 0 aromatic heterocycles. The molecule has 0 aliphatic rings. The molecule has 0 aliphatic heterocycles. The molecule has 152 valence electrons. The molecule has 0 radical (unpaired) electrons. The fourth-order valence-corrected chi connectivity index (χ4v) is 2.94. The number of allylic oxidation sites excluding steroid dienone is 6. The Morgan fingerprint density at radius 2 is 0.654 bits per heavy atom. The van der Waals surface area contributed by atoms with Gasteiger partial charge in [-0.15, -0.1) is 0 Å². The summed E-state index contributed by atoms with van der Waals surface area (Å²) in [6, 6.07) is 0. The molecule has 0 bridgehead atoms. The minimum atomic E-state index is 0.346. The molecule has 0 spiro atoms. The Morgan fingerprint density at radius 1 is 0.346 bits per heavy atom. The third kappa shape index (κ3) is 23.1. The van der Waals surface area contributed by atoms with Gasteiger partial charge in [-0.3, -0.25) is 0 Å². The molecule has 0 saturated carbocycles. The summed E-state index contributed by atoms with van der Waals surface area (Å²) in [6.45, 7) is 0.692. The van der Waals surface area contributed by atoms with Crippen LogP contribution in [-0.4, -0.2) is 23.4 Å². The van der Waals surface area contributed by atoms with Crippen molar-refractivity contribution < 1.29 is 10.2 Å². The van der Waals surface area contributed by atoms with E-state index >= 15 is 0 Å². The van der Waals surface area contributed by atoms with Gasteiger partial charge in [0.1, 0.15) is 0 Å². The van der Waals surface area contributed by atoms with Gasteiger partial charge in [0.05, 0.1) is 0 Å². The van der Waals surface area contributed by atoms with Gasteiger partial charge < -0.3 is 10.2 Å². The van der Waals surface area contributed by atoms with E-state index < -0.39 is 0 Å². The molecule has 0 aromatic rings. The Bertz CT molecular complexity index is 299. The number of hydrogen-bond acceptors (Lipinski definition) is 2. The molecule has 0 amide bonds. The van der Waals surface area contributed by atoms with Crippen LogP contribution in [0.4, 0.5) is 0 Å². The summed E-state index contributed by atoms with van der Waals surface area (Å²) >= 11 is 0. The van der Waals surface area contributed by atoms with E-state index in [4.69, 9.17) is 10.2 Å². The van der Waals surface area contributed by atoms with Gasteiger partial charge in [0.15, 0.2) is 0 Å². The number of hydrogen-bond donors (Lipinski definition) is 2. The number of unbranched alkanes of at least 4 members (excludes halogenated alkanes) is 12. The Kier molecular flexibility index (Phi) is 23.3. The molecule has 0 fully saturated rings. The summed E-state index contributed by atoms with van der Waals surface area (Å²) in [7, 11) is 0. The van der Waals surface area contributed by atoms with Gasteiger partial charge in [-0.05, 0) is 51.4 Å². The van der Waals surface area contributed by atoms with Crippen LogP contribution in [0.1, 0.15) is 103 Å². The molecule has 26 heavy (non-hydrogen) atoms. The van der Waals surface area contributed by atoms with Gasteiger partial charge in [-0.2, -0.15) is 0 Å². The lowest BCUT2D eigenvalue weighted by Gasteiger charge is -1.98. The van der Waals surface area contributed by atoms with E-state index in [9.17, 15) is 0 Å². The van der Waals surface area contributed by atoms with Crippen LogP contribution in [0.5, 0.6) is 0 Å². The Hall–Kier alpha value is -0.860. The maximum absolute atomic E-state index is 8.71. The second kappa shape index (κ2) is 24.1. The quantitative estimate of drug-likeness (QED) is 0.182. The summed E-state index contributed by atoms with van der Waals surface area (Å²) in [6.07, 6.45) is 32.9. The monoisotopic (exact) mass is 364 g/mol. The summed E-state index contributed by atoms with van der Waals surface area (Å²) < 4.78 is 0. The van der Waals surface area contributed by atoms with Crippen molar-refractivity contribution >= 4 is 0 Å². The molecule has 0 rings (SSSR count). The highest BCUT2D eigenvalue weighted by atomic mass is 16.3. The first-order valence-corrected chi connectivity index (χ1v) is 11.1. The number of aliphatic hydroxyl groups excluding tert-OH is 2. The van der Waals surface area contributed by atoms with Crippen LogP contribution >= 0.6 is 0 Å². The third-order valence-corrected chi connectivity index (χ3v) is 4.60. The SMILES string of the molecule is OCCCCCCCCC=CCC=CCC=CCCCCCCCCO. The van der Waals surface area contributed by atoms with Crippen molar-refractivity contribution in [3.05, 3.63) is 36.5 Å². The van der Waals surface area contributed by atoms with E-state index in [0.29, 0.717) is 13.2 Å². The number of aliphatic hydroxyl groups is 2. The first kappa shape index (κ1) is 25.1. The normalized spacial score (nSPS) is 12.2. The highest BCUT2D eigenvalue weighted by Gasteiger charge is 1.90. The average Bonchev–Trinajstić information content (AvgIpc) is 2.66. The Morgan fingerprint density at radius 3 is 1.04 bits per heavy atom. The maximum atomic E-state index is 8.71. The van der Waals surface area contributed by atoms with E-state index in [-0.39, 0.29) is 0 Å². The minimum Gasteiger partial charge on any atom is -0.396 e. The Labute approximate surface area is 163 Å². The van der Waals surface area contributed by atoms with Gasteiger partial charge in [0.25, 0.3) is 0 Å². The van der Waals surface area contributed by atoms with Crippen molar-refractivity contribution in [3.8, 4) is 0 Å². The average molecular weight is 365 g/mol. The molecule has 2 heteroatoms. The predicted molar refractivity (Wildman–Crippen MR) is 115 cm³/mol. The molecule has 0 atom stereocenters. The van der Waals surface area contributed by atoms with Gasteiger partial charge >= 0.3 is 0 Å². The molecule has 0 heterocycles. The van der Waals surface area contributed by atoms with Crippen molar-refractivity contribution in [2.75, 3.05) is 13.2 Å². The topological polar surface area (TPSA) is 40.5 Å². The smallest absolute Gasteiger partial charge is 0.0431 e. The molecule has 2 nitrogen and oxygen atoms in total. The molecule has 0 aliphatic carbocycles. The van der Waals surface area contributed by atoms with Crippen molar-refractivity contribution in [1.82, 2.24) is 0 Å². The standard InChI is InChI=1S/C24H44O2/c25-23-21-19-17-15-13-11-9-7-5-3-1-2-4-6-8-10-12-14-16-18-20-22-24-26/h1-2,5-8,25-26H,3-4,9-24H2. The van der Waals surface area contributed by atoms with Crippen molar-refractivity contribution in [3.63, 3.8) is 0 Å². The number of rotatable bonds is 20. The van der Waals surface area contributed by atoms with Crippen LogP contribution in [0.15, 0.2) is 36.5 Å². The second-order valence-corrected chi connectivity index (χ2v) is 7.15. The van der Waals surface area contributed by atoms with E-state index in [1.807, 2.05) is 0 Å². The highest BCUT2D eigenvalue weighted by Crippen LogP contribution is 2.08. The van der Waals surface area contributed by atoms with Gasteiger partial charge in [0, 0.05) is 13.2 Å². The molecular formula is C24H44O2. The molecule has 0 unspecified atom stereocenters. The fourth-order valence-electron chi connectivity index (χ4n) is 2.94. The van der Waals surface area contributed by atoms with Gasteiger partial charge in [-0.25, -0.2) is 0 Å². The summed E-state index contributed by atoms with van der Waals surface area (Å²) in [5.41, 5.74) is 0. The molecule has 0 aromatic carbocycles. The van der Waals surface area contributed by atoms with Crippen molar-refractivity contribution in [1.29, 1.82) is 0 Å². The first-order chi connectivity index (χ1) is 12.9. The van der Waals surface area contributed by atoms with Crippen molar-refractivity contribution in [2.45, 2.75) is 103 Å². The second-order valence-electron chi connectivity index (χ2n) is 7.15. The lowest BCUT2D eigenvalue weighted by atomic mass is 10.1. The van der Waals surface area contributed by atoms with Crippen LogP contribution in [0.2, 0.25) is 0 Å². The zero-order valence-corrected chi connectivity index (χ0v) is 17.1. The van der Waals surface area contributed by atoms with Crippen molar-refractivity contribution in [2.24, 2.45) is 0 Å². The predicted octanol–water partition coefficient (Wildman–Crippen LogP) is 6.88. The highest BCUT2D eigenvalue weighted by molar-refractivity contribution is 4.97. The lowest BCUT2D eigenvalue weighted by molar-refractivity contribution is 0.282. The van der Waals surface area contributed by atoms with Gasteiger partial charge in [-0.1, -0.05) is 87.8 Å². The van der Waals surface area contributed by atoms with E-state index in [1.165, 1.54) is 77.0 Å². The van der Waals surface area contributed by atoms with E-state index in [0.717, 1.165) is 25.7 Å². The molecular weight excluding hydrogens is 320 g/mol. The zero-order chi connectivity index (χ0) is 19.0. The van der Waals surface area contributed by atoms with E-state index in [1.54, 1.807) is 0 Å². The third-order valence-electron chi connectivity index (χ3n) is 4.60. The van der Waals surface area contributed by atoms with Crippen LogP contribution in [-0.2, 0) is 0 Å². The van der Waals surface area contributed by atoms with Gasteiger partial charge in [0.2, 0.25) is 0 Å². The lowest BCUT2D eigenvalue weighted by Crippen LogP contribution is -1.83. The van der Waals surface area contributed by atoms with Crippen LogP contribution in [0.25, 0.3) is 0 Å². The summed E-state index contributed by atoms with van der Waals surface area (Å²) in [5.74, 6) is 0. The summed E-state index contributed by atoms with van der Waals surface area (Å²) in [5, 5.41) is 17.4. The van der Waals surface area contributed by atoms with E-state index in [2.05, 4.69) is 36.5 Å². The van der Waals surface area contributed by atoms with Crippen LogP contribution in [0.3, 0.4) is 0 Å². The van der Waals surface area contributed by atoms with Crippen LogP contribution in [0, 0.1) is 0 Å². The maximum Gasteiger partial charge on any atom is 0.0431 e. The minimum absolute atomic E-state index is 0.346. The fraction of sp³-hybridized carbons (Fsp3) is 0.750. The van der Waals surface area contributed by atoms with Crippen LogP contribution < -0.4 is 0 Å². The first-order valence-electron chi connectivity index (χ1n) is 11.1. The zero-order valence-electron chi connectivity index (χ0n) is 17.1. The Balaban J connectivity index is 3.24. The molecule has 0 saturated heterocycles. The molecule has 2 N–H and O–H groups in total. The summed E-state index contributed by atoms with van der Waals surface area (Å²) in [4.78, 5) is 0.